The van der Waals surface area contributed by atoms with E-state index < -0.39 is 0 Å². The SMILES string of the molecule is Cc1nc(C)c(C(C)N(C)C(=O)c2ccc(-c3cnco3)cc2)s1. The van der Waals surface area contributed by atoms with Crippen molar-refractivity contribution >= 4 is 17.2 Å². The van der Waals surface area contributed by atoms with Crippen LogP contribution in [0.5, 0.6) is 0 Å². The molecule has 5 nitrogen and oxygen atoms in total. The topological polar surface area (TPSA) is 59.2 Å². The van der Waals surface area contributed by atoms with E-state index in [2.05, 4.69) is 9.97 Å². The summed E-state index contributed by atoms with van der Waals surface area (Å²) in [5.41, 5.74) is 2.53. The number of carbonyl (C=O) groups is 1. The molecule has 1 unspecified atom stereocenters. The second-order valence-electron chi connectivity index (χ2n) is 5.72. The number of hydrogen-bond acceptors (Lipinski definition) is 5. The molecule has 0 aliphatic rings. The summed E-state index contributed by atoms with van der Waals surface area (Å²) >= 11 is 1.64. The van der Waals surface area contributed by atoms with Crippen LogP contribution in [0.3, 0.4) is 0 Å². The summed E-state index contributed by atoms with van der Waals surface area (Å²) in [5, 5.41) is 1.02. The molecule has 6 heteroatoms. The summed E-state index contributed by atoms with van der Waals surface area (Å²) in [6.45, 7) is 6.00. The van der Waals surface area contributed by atoms with Gasteiger partial charge in [0, 0.05) is 23.1 Å². The van der Waals surface area contributed by atoms with Crippen molar-refractivity contribution in [3.8, 4) is 11.3 Å². The molecule has 1 aromatic carbocycles. The van der Waals surface area contributed by atoms with E-state index in [-0.39, 0.29) is 11.9 Å². The minimum Gasteiger partial charge on any atom is -0.444 e. The number of oxazole rings is 1. The molecular formula is C18H19N3O2S. The van der Waals surface area contributed by atoms with Crippen LogP contribution in [0.15, 0.2) is 41.3 Å². The number of rotatable bonds is 4. The van der Waals surface area contributed by atoms with E-state index in [1.807, 2.05) is 52.1 Å². The molecule has 0 aliphatic heterocycles. The lowest BCUT2D eigenvalue weighted by atomic mass is 10.1. The quantitative estimate of drug-likeness (QED) is 0.712. The van der Waals surface area contributed by atoms with E-state index >= 15 is 0 Å². The van der Waals surface area contributed by atoms with Crippen LogP contribution in [0.2, 0.25) is 0 Å². The Balaban J connectivity index is 1.79. The average molecular weight is 341 g/mol. The maximum Gasteiger partial charge on any atom is 0.254 e. The molecule has 24 heavy (non-hydrogen) atoms. The summed E-state index contributed by atoms with van der Waals surface area (Å²) in [6, 6.07) is 7.35. The molecule has 0 saturated carbocycles. The molecule has 0 radical (unpaired) electrons. The first-order valence-electron chi connectivity index (χ1n) is 7.67. The van der Waals surface area contributed by atoms with Crippen LogP contribution >= 0.6 is 11.3 Å². The Morgan fingerprint density at radius 2 is 1.96 bits per heavy atom. The first-order valence-corrected chi connectivity index (χ1v) is 8.49. The van der Waals surface area contributed by atoms with E-state index in [9.17, 15) is 4.79 Å². The summed E-state index contributed by atoms with van der Waals surface area (Å²) < 4.78 is 5.27. The van der Waals surface area contributed by atoms with Crippen molar-refractivity contribution in [2.75, 3.05) is 7.05 Å². The molecule has 0 spiro atoms. The Hall–Kier alpha value is -2.47. The van der Waals surface area contributed by atoms with Gasteiger partial charge in [-0.2, -0.15) is 0 Å². The summed E-state index contributed by atoms with van der Waals surface area (Å²) in [5.74, 6) is 0.670. The molecule has 0 bridgehead atoms. The predicted octanol–water partition coefficient (Wildman–Crippen LogP) is 4.25. The van der Waals surface area contributed by atoms with Gasteiger partial charge in [-0.3, -0.25) is 4.79 Å². The lowest BCUT2D eigenvalue weighted by Gasteiger charge is -2.24. The second kappa shape index (κ2) is 6.57. The predicted molar refractivity (Wildman–Crippen MR) is 94.0 cm³/mol. The highest BCUT2D eigenvalue weighted by atomic mass is 32.1. The lowest BCUT2D eigenvalue weighted by Crippen LogP contribution is -2.29. The molecule has 2 aromatic heterocycles. The highest BCUT2D eigenvalue weighted by Crippen LogP contribution is 2.29. The number of nitrogens with zero attached hydrogens (tertiary/aromatic N) is 3. The van der Waals surface area contributed by atoms with Gasteiger partial charge in [0.15, 0.2) is 12.2 Å². The van der Waals surface area contributed by atoms with Gasteiger partial charge in [0.05, 0.1) is 22.9 Å². The number of amides is 1. The summed E-state index contributed by atoms with van der Waals surface area (Å²) in [7, 11) is 1.83. The van der Waals surface area contributed by atoms with Crippen LogP contribution in [-0.2, 0) is 0 Å². The van der Waals surface area contributed by atoms with E-state index in [0.717, 1.165) is 21.1 Å². The number of hydrogen-bond donors (Lipinski definition) is 0. The van der Waals surface area contributed by atoms with E-state index in [0.29, 0.717) is 11.3 Å². The highest BCUT2D eigenvalue weighted by molar-refractivity contribution is 7.11. The van der Waals surface area contributed by atoms with Gasteiger partial charge < -0.3 is 9.32 Å². The van der Waals surface area contributed by atoms with Gasteiger partial charge in [0.25, 0.3) is 5.91 Å². The lowest BCUT2D eigenvalue weighted by molar-refractivity contribution is 0.0744. The molecule has 124 valence electrons. The maximum atomic E-state index is 12.7. The number of aromatic nitrogens is 2. The number of carbonyl (C=O) groups excluding carboxylic acids is 1. The van der Waals surface area contributed by atoms with Crippen LogP contribution in [0.25, 0.3) is 11.3 Å². The fourth-order valence-corrected chi connectivity index (χ4v) is 3.65. The van der Waals surface area contributed by atoms with Crippen molar-refractivity contribution in [1.29, 1.82) is 0 Å². The van der Waals surface area contributed by atoms with E-state index in [1.54, 1.807) is 22.4 Å². The third kappa shape index (κ3) is 3.10. The first kappa shape index (κ1) is 16.4. The van der Waals surface area contributed by atoms with Gasteiger partial charge in [-0.1, -0.05) is 12.1 Å². The molecule has 2 heterocycles. The van der Waals surface area contributed by atoms with Crippen molar-refractivity contribution in [3.05, 3.63) is 58.0 Å². The van der Waals surface area contributed by atoms with Crippen molar-refractivity contribution in [2.24, 2.45) is 0 Å². The van der Waals surface area contributed by atoms with Crippen molar-refractivity contribution in [3.63, 3.8) is 0 Å². The summed E-state index contributed by atoms with van der Waals surface area (Å²) in [6.07, 6.45) is 3.04. The van der Waals surface area contributed by atoms with E-state index in [1.165, 1.54) is 6.39 Å². The third-order valence-electron chi connectivity index (χ3n) is 4.07. The van der Waals surface area contributed by atoms with Crippen molar-refractivity contribution in [2.45, 2.75) is 26.8 Å². The Morgan fingerprint density at radius 1 is 1.25 bits per heavy atom. The molecule has 3 aromatic rings. The zero-order chi connectivity index (χ0) is 17.3. The van der Waals surface area contributed by atoms with Crippen LogP contribution in [-0.4, -0.2) is 27.8 Å². The largest absolute Gasteiger partial charge is 0.444 e. The van der Waals surface area contributed by atoms with Gasteiger partial charge in [0.1, 0.15) is 0 Å². The monoisotopic (exact) mass is 341 g/mol. The first-order chi connectivity index (χ1) is 11.5. The minimum atomic E-state index is -0.0166. The van der Waals surface area contributed by atoms with Crippen LogP contribution in [0.4, 0.5) is 0 Å². The second-order valence-corrected chi connectivity index (χ2v) is 6.95. The molecular weight excluding hydrogens is 322 g/mol. The van der Waals surface area contributed by atoms with Crippen molar-refractivity contribution in [1.82, 2.24) is 14.9 Å². The van der Waals surface area contributed by atoms with Gasteiger partial charge in [-0.25, -0.2) is 9.97 Å². The zero-order valence-electron chi connectivity index (χ0n) is 14.1. The van der Waals surface area contributed by atoms with Gasteiger partial charge in [-0.05, 0) is 32.9 Å². The molecule has 1 atom stereocenters. The standard InChI is InChI=1S/C18H19N3O2S/c1-11-17(24-13(3)20-11)12(2)21(4)18(22)15-7-5-14(6-8-15)16-9-19-10-23-16/h5-10,12H,1-4H3. The smallest absolute Gasteiger partial charge is 0.254 e. The molecule has 3 rings (SSSR count). The van der Waals surface area contributed by atoms with Crippen molar-refractivity contribution < 1.29 is 9.21 Å². The van der Waals surface area contributed by atoms with Crippen LogP contribution < -0.4 is 0 Å². The highest BCUT2D eigenvalue weighted by Gasteiger charge is 2.22. The molecule has 0 fully saturated rings. The Bertz CT molecular complexity index is 838. The number of thiazole rings is 1. The molecule has 0 N–H and O–H groups in total. The fraction of sp³-hybridized carbons (Fsp3) is 0.278. The third-order valence-corrected chi connectivity index (χ3v) is 5.31. The number of benzene rings is 1. The fourth-order valence-electron chi connectivity index (χ4n) is 2.63. The normalized spacial score (nSPS) is 12.2. The molecule has 1 amide bonds. The zero-order valence-corrected chi connectivity index (χ0v) is 14.9. The Labute approximate surface area is 145 Å². The maximum absolute atomic E-state index is 12.7. The van der Waals surface area contributed by atoms with Gasteiger partial charge >= 0.3 is 0 Å². The van der Waals surface area contributed by atoms with Crippen LogP contribution in [0.1, 0.15) is 38.9 Å². The van der Waals surface area contributed by atoms with Crippen LogP contribution in [0, 0.1) is 13.8 Å². The molecule has 0 saturated heterocycles. The average Bonchev–Trinajstić information content (AvgIpc) is 3.22. The Kier molecular flexibility index (Phi) is 4.49. The molecule has 0 aliphatic carbocycles. The van der Waals surface area contributed by atoms with Gasteiger partial charge in [-0.15, -0.1) is 11.3 Å². The summed E-state index contributed by atoms with van der Waals surface area (Å²) in [4.78, 5) is 24.0. The van der Waals surface area contributed by atoms with E-state index in [4.69, 9.17) is 4.42 Å². The minimum absolute atomic E-state index is 0.0161. The Morgan fingerprint density at radius 3 is 2.50 bits per heavy atom. The van der Waals surface area contributed by atoms with Gasteiger partial charge in [0.2, 0.25) is 0 Å². The number of aryl methyl sites for hydroxylation is 2.